The molecule has 1 heterocycles. The van der Waals surface area contributed by atoms with Crippen LogP contribution in [0.4, 0.5) is 0 Å². The van der Waals surface area contributed by atoms with Crippen molar-refractivity contribution < 1.29 is 9.53 Å². The Kier molecular flexibility index (Phi) is 5.79. The third kappa shape index (κ3) is 4.72. The van der Waals surface area contributed by atoms with Gasteiger partial charge in [0.1, 0.15) is 5.75 Å². The smallest absolute Gasteiger partial charge is 0.253 e. The van der Waals surface area contributed by atoms with Gasteiger partial charge in [0.2, 0.25) is 5.91 Å². The van der Waals surface area contributed by atoms with Gasteiger partial charge in [0.05, 0.1) is 13.0 Å². The fraction of sp³-hybridized carbons (Fsp3) is 0.368. The number of H-pyrrole nitrogens is 1. The van der Waals surface area contributed by atoms with Crippen LogP contribution in [-0.4, -0.2) is 17.5 Å². The molecule has 128 valence electrons. The molecular formula is C19H24N2O3. The number of aromatic nitrogens is 1. The van der Waals surface area contributed by atoms with E-state index in [0.29, 0.717) is 12.2 Å². The number of hydrogen-bond donors (Lipinski definition) is 2. The number of ether oxygens (including phenoxy) is 1. The lowest BCUT2D eigenvalue weighted by molar-refractivity contribution is -0.121. The van der Waals surface area contributed by atoms with Crippen LogP contribution in [0.15, 0.2) is 29.1 Å². The molecule has 5 nitrogen and oxygen atoms in total. The lowest BCUT2D eigenvalue weighted by Gasteiger charge is -2.11. The lowest BCUT2D eigenvalue weighted by Crippen LogP contribution is -2.28. The SMILES string of the molecule is Cc1ccc(OCCC(=O)NCc2c(C)cc(C)[nH]c2=O)c(C)c1. The van der Waals surface area contributed by atoms with Crippen LogP contribution in [0.3, 0.4) is 0 Å². The van der Waals surface area contributed by atoms with Gasteiger partial charge in [-0.1, -0.05) is 17.7 Å². The quantitative estimate of drug-likeness (QED) is 0.856. The second-order valence-electron chi connectivity index (χ2n) is 6.09. The van der Waals surface area contributed by atoms with Gasteiger partial charge < -0.3 is 15.0 Å². The van der Waals surface area contributed by atoms with Crippen LogP contribution in [0.1, 0.15) is 34.4 Å². The molecule has 5 heteroatoms. The Morgan fingerprint density at radius 2 is 1.88 bits per heavy atom. The fourth-order valence-electron chi connectivity index (χ4n) is 2.59. The highest BCUT2D eigenvalue weighted by Gasteiger charge is 2.08. The van der Waals surface area contributed by atoms with Gasteiger partial charge >= 0.3 is 0 Å². The number of aromatic amines is 1. The predicted octanol–water partition coefficient (Wildman–Crippen LogP) is 2.69. The van der Waals surface area contributed by atoms with Gasteiger partial charge in [0, 0.05) is 17.8 Å². The third-order valence-corrected chi connectivity index (χ3v) is 3.87. The van der Waals surface area contributed by atoms with Crippen molar-refractivity contribution in [3.8, 4) is 5.75 Å². The second kappa shape index (κ2) is 7.81. The first kappa shape index (κ1) is 17.8. The summed E-state index contributed by atoms with van der Waals surface area (Å²) in [5.41, 5.74) is 4.36. The fourth-order valence-corrected chi connectivity index (χ4v) is 2.59. The first-order chi connectivity index (χ1) is 11.4. The Morgan fingerprint density at radius 1 is 1.12 bits per heavy atom. The van der Waals surface area contributed by atoms with Gasteiger partial charge in [-0.15, -0.1) is 0 Å². The Morgan fingerprint density at radius 3 is 2.54 bits per heavy atom. The molecule has 0 spiro atoms. The molecule has 0 atom stereocenters. The minimum Gasteiger partial charge on any atom is -0.493 e. The van der Waals surface area contributed by atoms with E-state index in [1.807, 2.05) is 52.0 Å². The summed E-state index contributed by atoms with van der Waals surface area (Å²) in [5.74, 6) is 0.651. The largest absolute Gasteiger partial charge is 0.493 e. The number of nitrogens with one attached hydrogen (secondary N) is 2. The zero-order valence-electron chi connectivity index (χ0n) is 14.7. The highest BCUT2D eigenvalue weighted by Crippen LogP contribution is 2.18. The number of hydrogen-bond acceptors (Lipinski definition) is 3. The number of rotatable bonds is 6. The predicted molar refractivity (Wildman–Crippen MR) is 94.4 cm³/mol. The number of carbonyl (C=O) groups is 1. The van der Waals surface area contributed by atoms with E-state index in [1.165, 1.54) is 5.56 Å². The van der Waals surface area contributed by atoms with Gasteiger partial charge in [0.25, 0.3) is 5.56 Å². The van der Waals surface area contributed by atoms with Crippen molar-refractivity contribution in [3.05, 3.63) is 62.6 Å². The van der Waals surface area contributed by atoms with Crippen LogP contribution in [-0.2, 0) is 11.3 Å². The van der Waals surface area contributed by atoms with Gasteiger partial charge in [-0.2, -0.15) is 0 Å². The molecule has 0 aliphatic carbocycles. The minimum atomic E-state index is -0.153. The number of benzene rings is 1. The van der Waals surface area contributed by atoms with E-state index in [1.54, 1.807) is 0 Å². The number of pyridine rings is 1. The Labute approximate surface area is 142 Å². The standard InChI is InChI=1S/C19H24N2O3/c1-12-5-6-17(14(3)9-12)24-8-7-18(22)20-11-16-13(2)10-15(4)21-19(16)23/h5-6,9-10H,7-8,11H2,1-4H3,(H,20,22)(H,21,23). The van der Waals surface area contributed by atoms with Crippen LogP contribution in [0.2, 0.25) is 0 Å². The molecule has 24 heavy (non-hydrogen) atoms. The van der Waals surface area contributed by atoms with Crippen LogP contribution >= 0.6 is 0 Å². The molecule has 0 aliphatic heterocycles. The summed E-state index contributed by atoms with van der Waals surface area (Å²) in [6.07, 6.45) is 0.246. The summed E-state index contributed by atoms with van der Waals surface area (Å²) >= 11 is 0. The van der Waals surface area contributed by atoms with Crippen LogP contribution < -0.4 is 15.6 Å². The third-order valence-electron chi connectivity index (χ3n) is 3.87. The zero-order valence-corrected chi connectivity index (χ0v) is 14.7. The lowest BCUT2D eigenvalue weighted by atomic mass is 10.1. The molecule has 2 aromatic rings. The van der Waals surface area contributed by atoms with Crippen molar-refractivity contribution in [3.63, 3.8) is 0 Å². The van der Waals surface area contributed by atoms with E-state index < -0.39 is 0 Å². The van der Waals surface area contributed by atoms with Gasteiger partial charge in [-0.05, 0) is 51.0 Å². The molecule has 2 rings (SSSR count). The molecular weight excluding hydrogens is 304 g/mol. The van der Waals surface area contributed by atoms with Gasteiger partial charge in [-0.3, -0.25) is 9.59 Å². The zero-order chi connectivity index (χ0) is 17.7. The van der Waals surface area contributed by atoms with E-state index in [9.17, 15) is 9.59 Å². The maximum absolute atomic E-state index is 11.9. The van der Waals surface area contributed by atoms with Crippen LogP contribution in [0, 0.1) is 27.7 Å². The van der Waals surface area contributed by atoms with E-state index in [0.717, 1.165) is 22.6 Å². The van der Waals surface area contributed by atoms with Crippen molar-refractivity contribution in [1.29, 1.82) is 0 Å². The van der Waals surface area contributed by atoms with Gasteiger partial charge in [0.15, 0.2) is 0 Å². The van der Waals surface area contributed by atoms with Crippen molar-refractivity contribution >= 4 is 5.91 Å². The molecule has 1 aromatic heterocycles. The molecule has 1 aromatic carbocycles. The topological polar surface area (TPSA) is 71.2 Å². The summed E-state index contributed by atoms with van der Waals surface area (Å²) in [7, 11) is 0. The van der Waals surface area contributed by atoms with Crippen LogP contribution in [0.5, 0.6) is 5.75 Å². The molecule has 0 saturated carbocycles. The number of aryl methyl sites for hydroxylation is 4. The first-order valence-corrected chi connectivity index (χ1v) is 8.03. The number of carbonyl (C=O) groups excluding carboxylic acids is 1. The Bertz CT molecular complexity index is 794. The molecule has 0 bridgehead atoms. The molecule has 1 amide bonds. The number of amides is 1. The Hall–Kier alpha value is -2.56. The molecule has 0 radical (unpaired) electrons. The summed E-state index contributed by atoms with van der Waals surface area (Å²) in [4.78, 5) is 26.6. The maximum Gasteiger partial charge on any atom is 0.253 e. The average molecular weight is 328 g/mol. The monoisotopic (exact) mass is 328 g/mol. The van der Waals surface area contributed by atoms with E-state index in [2.05, 4.69) is 10.3 Å². The van der Waals surface area contributed by atoms with Crippen molar-refractivity contribution in [2.45, 2.75) is 40.7 Å². The molecule has 0 saturated heterocycles. The Balaban J connectivity index is 1.83. The molecule has 2 N–H and O–H groups in total. The van der Waals surface area contributed by atoms with E-state index >= 15 is 0 Å². The highest BCUT2D eigenvalue weighted by molar-refractivity contribution is 5.76. The normalized spacial score (nSPS) is 10.5. The first-order valence-electron chi connectivity index (χ1n) is 8.03. The van der Waals surface area contributed by atoms with Crippen molar-refractivity contribution in [2.24, 2.45) is 0 Å². The molecule has 0 unspecified atom stereocenters. The second-order valence-corrected chi connectivity index (χ2v) is 6.09. The summed E-state index contributed by atoms with van der Waals surface area (Å²) in [5, 5.41) is 2.77. The van der Waals surface area contributed by atoms with Crippen molar-refractivity contribution in [2.75, 3.05) is 6.61 Å². The van der Waals surface area contributed by atoms with E-state index in [4.69, 9.17) is 4.74 Å². The highest BCUT2D eigenvalue weighted by atomic mass is 16.5. The molecule has 0 aliphatic rings. The summed E-state index contributed by atoms with van der Waals surface area (Å²) in [6, 6.07) is 7.83. The summed E-state index contributed by atoms with van der Waals surface area (Å²) in [6.45, 7) is 8.24. The van der Waals surface area contributed by atoms with Gasteiger partial charge in [-0.25, -0.2) is 0 Å². The minimum absolute atomic E-state index is 0.140. The van der Waals surface area contributed by atoms with E-state index in [-0.39, 0.29) is 24.4 Å². The average Bonchev–Trinajstić information content (AvgIpc) is 2.48. The van der Waals surface area contributed by atoms with Crippen LogP contribution in [0.25, 0.3) is 0 Å². The summed E-state index contributed by atoms with van der Waals surface area (Å²) < 4.78 is 5.65. The maximum atomic E-state index is 11.9. The van der Waals surface area contributed by atoms with Crippen molar-refractivity contribution in [1.82, 2.24) is 10.3 Å². The molecule has 0 fully saturated rings.